The van der Waals surface area contributed by atoms with Gasteiger partial charge >= 0.3 is 0 Å². The van der Waals surface area contributed by atoms with E-state index < -0.39 is 5.41 Å². The Morgan fingerprint density at radius 2 is 1.64 bits per heavy atom. The Labute approximate surface area is 166 Å². The number of nitriles is 2. The average molecular weight is 368 g/mol. The summed E-state index contributed by atoms with van der Waals surface area (Å²) in [4.78, 5) is 8.99. The fourth-order valence-electron chi connectivity index (χ4n) is 3.36. The van der Waals surface area contributed by atoms with E-state index >= 15 is 0 Å². The van der Waals surface area contributed by atoms with E-state index in [2.05, 4.69) is 29.0 Å². The predicted molar refractivity (Wildman–Crippen MR) is 109 cm³/mol. The number of aromatic nitrogens is 2. The lowest BCUT2D eigenvalue weighted by molar-refractivity contribution is 0.662. The van der Waals surface area contributed by atoms with Gasteiger partial charge < -0.3 is 0 Å². The second kappa shape index (κ2) is 9.11. The van der Waals surface area contributed by atoms with Crippen molar-refractivity contribution in [1.82, 2.24) is 9.97 Å². The summed E-state index contributed by atoms with van der Waals surface area (Å²) in [5.74, 6) is 0.588. The summed E-state index contributed by atoms with van der Waals surface area (Å²) in [5.41, 5.74) is 1.92. The molecule has 1 aliphatic rings. The molecular weight excluding hydrogens is 344 g/mol. The van der Waals surface area contributed by atoms with E-state index in [0.29, 0.717) is 11.4 Å². The van der Waals surface area contributed by atoms with Crippen LogP contribution in [-0.4, -0.2) is 9.97 Å². The van der Waals surface area contributed by atoms with Crippen molar-refractivity contribution in [2.75, 3.05) is 0 Å². The second-order valence-electron chi connectivity index (χ2n) is 7.18. The van der Waals surface area contributed by atoms with E-state index in [1.165, 1.54) is 19.3 Å². The molecule has 28 heavy (non-hydrogen) atoms. The molecule has 0 fully saturated rings. The van der Waals surface area contributed by atoms with Gasteiger partial charge in [-0.15, -0.1) is 0 Å². The van der Waals surface area contributed by atoms with Crippen LogP contribution in [0.2, 0.25) is 0 Å². The maximum atomic E-state index is 9.82. The van der Waals surface area contributed by atoms with Crippen LogP contribution < -0.4 is 0 Å². The fourth-order valence-corrected chi connectivity index (χ4v) is 3.36. The molecule has 1 aromatic carbocycles. The van der Waals surface area contributed by atoms with Gasteiger partial charge in [0.15, 0.2) is 11.2 Å². The van der Waals surface area contributed by atoms with Crippen LogP contribution in [0.15, 0.2) is 61.0 Å². The molecular formula is C24H24N4. The third-order valence-electron chi connectivity index (χ3n) is 5.14. The van der Waals surface area contributed by atoms with Gasteiger partial charge in [-0.25, -0.2) is 9.97 Å². The molecule has 0 amide bonds. The van der Waals surface area contributed by atoms with E-state index in [-0.39, 0.29) is 5.92 Å². The van der Waals surface area contributed by atoms with Crippen molar-refractivity contribution in [2.45, 2.75) is 50.4 Å². The van der Waals surface area contributed by atoms with Crippen LogP contribution in [0, 0.1) is 22.7 Å². The molecule has 2 aromatic rings. The molecule has 0 unspecified atom stereocenters. The lowest BCUT2D eigenvalue weighted by Gasteiger charge is -2.23. The van der Waals surface area contributed by atoms with E-state index in [0.717, 1.165) is 24.0 Å². The third kappa shape index (κ3) is 4.35. The summed E-state index contributed by atoms with van der Waals surface area (Å²) < 4.78 is 0. The van der Waals surface area contributed by atoms with Crippen molar-refractivity contribution in [3.63, 3.8) is 0 Å². The maximum Gasteiger partial charge on any atom is 0.156 e. The van der Waals surface area contributed by atoms with Crippen LogP contribution in [0.25, 0.3) is 0 Å². The molecule has 0 spiro atoms. The van der Waals surface area contributed by atoms with Crippen LogP contribution in [0.3, 0.4) is 0 Å². The molecule has 4 nitrogen and oxygen atoms in total. The minimum atomic E-state index is -0.927. The summed E-state index contributed by atoms with van der Waals surface area (Å²) in [6.07, 6.45) is 17.3. The van der Waals surface area contributed by atoms with Crippen molar-refractivity contribution >= 4 is 0 Å². The maximum absolute atomic E-state index is 9.82. The molecule has 1 heterocycles. The average Bonchev–Trinajstić information content (AvgIpc) is 2.77. The Morgan fingerprint density at radius 3 is 2.21 bits per heavy atom. The number of aryl methyl sites for hydroxylation is 1. The molecule has 140 valence electrons. The zero-order valence-corrected chi connectivity index (χ0v) is 16.2. The smallest absolute Gasteiger partial charge is 0.156 e. The standard InChI is InChI=1S/C24H24N4/c1-2-3-4-5-6-20-16-27-23(28-17-20)24(18-26)13-11-22(12-14-24)21-9-7-19(15-25)8-10-21/h7-14,16-17,22H,2-6H2,1H3. The van der Waals surface area contributed by atoms with Crippen LogP contribution >= 0.6 is 0 Å². The van der Waals surface area contributed by atoms with Crippen LogP contribution in [0.5, 0.6) is 0 Å². The molecule has 0 atom stereocenters. The number of hydrogen-bond donors (Lipinski definition) is 0. The van der Waals surface area contributed by atoms with Gasteiger partial charge in [-0.3, -0.25) is 0 Å². The molecule has 0 aliphatic heterocycles. The van der Waals surface area contributed by atoms with Gasteiger partial charge in [0.25, 0.3) is 0 Å². The number of rotatable bonds is 7. The van der Waals surface area contributed by atoms with Crippen molar-refractivity contribution in [3.8, 4) is 12.1 Å². The highest BCUT2D eigenvalue weighted by atomic mass is 14.9. The van der Waals surface area contributed by atoms with Crippen molar-refractivity contribution < 1.29 is 0 Å². The Hall–Kier alpha value is -3.24. The van der Waals surface area contributed by atoms with Crippen molar-refractivity contribution in [3.05, 3.63) is 83.5 Å². The molecule has 0 saturated carbocycles. The minimum Gasteiger partial charge on any atom is -0.239 e. The van der Waals surface area contributed by atoms with Crippen LogP contribution in [0.1, 0.15) is 61.0 Å². The van der Waals surface area contributed by atoms with Crippen LogP contribution in [0.4, 0.5) is 0 Å². The third-order valence-corrected chi connectivity index (χ3v) is 5.14. The number of hydrogen-bond acceptors (Lipinski definition) is 4. The van der Waals surface area contributed by atoms with E-state index in [1.54, 1.807) is 0 Å². The molecule has 1 aromatic heterocycles. The SMILES string of the molecule is CCCCCCc1cnc(C2(C#N)C=CC(c3ccc(C#N)cc3)C=C2)nc1. The van der Waals surface area contributed by atoms with Gasteiger partial charge in [-0.1, -0.05) is 62.6 Å². The second-order valence-corrected chi connectivity index (χ2v) is 7.18. The Morgan fingerprint density at radius 1 is 0.964 bits per heavy atom. The molecule has 0 N–H and O–H groups in total. The first-order valence-electron chi connectivity index (χ1n) is 9.82. The number of allylic oxidation sites excluding steroid dienone is 4. The monoisotopic (exact) mass is 368 g/mol. The molecule has 0 bridgehead atoms. The first kappa shape index (κ1) is 19.5. The van der Waals surface area contributed by atoms with Gasteiger partial charge in [0.2, 0.25) is 0 Å². The summed E-state index contributed by atoms with van der Waals surface area (Å²) in [6, 6.07) is 12.0. The van der Waals surface area contributed by atoms with Gasteiger partial charge in [-0.2, -0.15) is 10.5 Å². The lowest BCUT2D eigenvalue weighted by atomic mass is 9.80. The highest BCUT2D eigenvalue weighted by Crippen LogP contribution is 2.33. The predicted octanol–water partition coefficient (Wildman–Crippen LogP) is 5.14. The fraction of sp³-hybridized carbons (Fsp3) is 0.333. The van der Waals surface area contributed by atoms with E-state index in [9.17, 15) is 5.26 Å². The highest BCUT2D eigenvalue weighted by molar-refractivity contribution is 5.45. The van der Waals surface area contributed by atoms with E-state index in [4.69, 9.17) is 5.26 Å². The van der Waals surface area contributed by atoms with Crippen molar-refractivity contribution in [2.24, 2.45) is 0 Å². The van der Waals surface area contributed by atoms with Crippen molar-refractivity contribution in [1.29, 1.82) is 10.5 Å². The summed E-state index contributed by atoms with van der Waals surface area (Å²) in [6.45, 7) is 2.20. The molecule has 0 saturated heterocycles. The first-order valence-corrected chi connectivity index (χ1v) is 9.82. The highest BCUT2D eigenvalue weighted by Gasteiger charge is 2.32. The first-order chi connectivity index (χ1) is 13.7. The normalized spacial score (nSPS) is 20.5. The summed E-state index contributed by atoms with van der Waals surface area (Å²) >= 11 is 0. The number of unbranched alkanes of at least 4 members (excludes halogenated alkanes) is 3. The lowest BCUT2D eigenvalue weighted by Crippen LogP contribution is -2.24. The number of nitrogens with zero attached hydrogens (tertiary/aromatic N) is 4. The summed E-state index contributed by atoms with van der Waals surface area (Å²) in [5, 5.41) is 18.8. The molecule has 1 aliphatic carbocycles. The Kier molecular flexibility index (Phi) is 6.35. The Bertz CT molecular complexity index is 911. The number of benzene rings is 1. The zero-order chi connectivity index (χ0) is 19.8. The minimum absolute atomic E-state index is 0.0760. The molecule has 3 rings (SSSR count). The van der Waals surface area contributed by atoms with Gasteiger partial charge in [0.1, 0.15) is 0 Å². The van der Waals surface area contributed by atoms with E-state index in [1.807, 2.05) is 61.0 Å². The summed E-state index contributed by atoms with van der Waals surface area (Å²) in [7, 11) is 0. The molecule has 4 heteroatoms. The van der Waals surface area contributed by atoms with Gasteiger partial charge in [0.05, 0.1) is 17.7 Å². The van der Waals surface area contributed by atoms with Gasteiger partial charge in [-0.05, 0) is 36.1 Å². The van der Waals surface area contributed by atoms with Crippen LogP contribution in [-0.2, 0) is 11.8 Å². The quantitative estimate of drug-likeness (QED) is 0.501. The topological polar surface area (TPSA) is 73.4 Å². The largest absolute Gasteiger partial charge is 0.239 e. The van der Waals surface area contributed by atoms with Gasteiger partial charge in [0, 0.05) is 18.3 Å². The Balaban J connectivity index is 1.71. The zero-order valence-electron chi connectivity index (χ0n) is 16.2. The molecule has 0 radical (unpaired) electrons.